The molecule has 0 unspecified atom stereocenters. The third-order valence-electron chi connectivity index (χ3n) is 5.12. The number of nitrogens with zero attached hydrogens (tertiary/aromatic N) is 2. The van der Waals surface area contributed by atoms with Gasteiger partial charge in [0.15, 0.2) is 17.3 Å². The van der Waals surface area contributed by atoms with E-state index in [0.29, 0.717) is 36.8 Å². The van der Waals surface area contributed by atoms with Gasteiger partial charge in [-0.3, -0.25) is 9.69 Å². The third kappa shape index (κ3) is 6.12. The summed E-state index contributed by atoms with van der Waals surface area (Å²) in [5.74, 6) is 2.38. The number of hydrogen-bond donors (Lipinski definition) is 0. The minimum absolute atomic E-state index is 0.127. The average Bonchev–Trinajstić information content (AvgIpc) is 3.25. The number of benzene rings is 2. The van der Waals surface area contributed by atoms with Gasteiger partial charge in [0.2, 0.25) is 0 Å². The molecule has 31 heavy (non-hydrogen) atoms. The molecule has 0 aliphatic heterocycles. The number of likely N-dealkylation sites (N-methyl/N-ethyl adjacent to an activating group) is 1. The number of methoxy groups -OCH3 is 2. The Morgan fingerprint density at radius 1 is 0.871 bits per heavy atom. The molecule has 1 amide bonds. The Labute approximate surface area is 184 Å². The molecular weight excluding hydrogens is 392 g/mol. The molecule has 164 valence electrons. The topological polar surface area (TPSA) is 55.2 Å². The lowest BCUT2D eigenvalue weighted by Crippen LogP contribution is -2.28. The van der Waals surface area contributed by atoms with E-state index in [9.17, 15) is 4.79 Å². The van der Waals surface area contributed by atoms with Crippen LogP contribution in [0.25, 0.3) is 0 Å². The molecule has 0 radical (unpaired) electrons. The molecule has 0 fully saturated rings. The van der Waals surface area contributed by atoms with E-state index >= 15 is 0 Å². The quantitative estimate of drug-likeness (QED) is 0.489. The highest BCUT2D eigenvalue weighted by Crippen LogP contribution is 2.27. The van der Waals surface area contributed by atoms with Crippen LogP contribution in [0.4, 0.5) is 0 Å². The van der Waals surface area contributed by atoms with Gasteiger partial charge in [-0.05, 0) is 48.9 Å². The number of hydrogen-bond acceptors (Lipinski definition) is 5. The maximum absolute atomic E-state index is 12.8. The van der Waals surface area contributed by atoms with Gasteiger partial charge in [0.05, 0.1) is 20.8 Å². The van der Waals surface area contributed by atoms with Crippen LogP contribution in [0.5, 0.6) is 11.5 Å². The number of ether oxygens (including phenoxy) is 2. The molecule has 6 heteroatoms. The number of rotatable bonds is 10. The van der Waals surface area contributed by atoms with E-state index in [1.54, 1.807) is 32.2 Å². The second-order valence-electron chi connectivity index (χ2n) is 7.59. The molecule has 0 saturated heterocycles. The normalized spacial score (nSPS) is 10.9. The molecule has 1 heterocycles. The molecule has 2 aromatic carbocycles. The van der Waals surface area contributed by atoms with Gasteiger partial charge in [0, 0.05) is 20.1 Å². The molecule has 0 N–H and O–H groups in total. The van der Waals surface area contributed by atoms with Crippen molar-refractivity contribution in [1.82, 2.24) is 9.80 Å². The summed E-state index contributed by atoms with van der Waals surface area (Å²) in [5.41, 5.74) is 2.31. The van der Waals surface area contributed by atoms with Crippen LogP contribution in [-0.4, -0.2) is 50.6 Å². The highest BCUT2D eigenvalue weighted by molar-refractivity contribution is 5.91. The predicted octanol–water partition coefficient (Wildman–Crippen LogP) is 4.24. The summed E-state index contributed by atoms with van der Waals surface area (Å²) >= 11 is 0. The molecule has 0 aliphatic rings. The van der Waals surface area contributed by atoms with Crippen molar-refractivity contribution in [2.45, 2.75) is 19.5 Å². The third-order valence-corrected chi connectivity index (χ3v) is 5.12. The number of carbonyl (C=O) groups excluding carboxylic acids is 1. The van der Waals surface area contributed by atoms with Crippen molar-refractivity contribution in [1.29, 1.82) is 0 Å². The van der Waals surface area contributed by atoms with Crippen molar-refractivity contribution in [2.24, 2.45) is 0 Å². The van der Waals surface area contributed by atoms with Crippen LogP contribution < -0.4 is 9.47 Å². The van der Waals surface area contributed by atoms with Crippen LogP contribution >= 0.6 is 0 Å². The number of furan rings is 1. The highest BCUT2D eigenvalue weighted by Gasteiger charge is 2.17. The lowest BCUT2D eigenvalue weighted by Gasteiger charge is -2.17. The Bertz CT molecular complexity index is 984. The summed E-state index contributed by atoms with van der Waals surface area (Å²) in [6, 6.07) is 19.7. The van der Waals surface area contributed by atoms with Crippen LogP contribution in [0.3, 0.4) is 0 Å². The Hall–Kier alpha value is -3.25. The van der Waals surface area contributed by atoms with E-state index in [1.165, 1.54) is 5.56 Å². The van der Waals surface area contributed by atoms with E-state index < -0.39 is 0 Å². The first-order valence-electron chi connectivity index (χ1n) is 10.3. The van der Waals surface area contributed by atoms with Crippen LogP contribution in [0.15, 0.2) is 65.1 Å². The SMILES string of the molecule is COc1ccc(CCN(C)C(=O)c2ccc(CN(C)Cc3ccccc3)o2)cc1OC. The fourth-order valence-electron chi connectivity index (χ4n) is 3.42. The van der Waals surface area contributed by atoms with Crippen molar-refractivity contribution in [3.8, 4) is 11.5 Å². The first-order chi connectivity index (χ1) is 15.0. The summed E-state index contributed by atoms with van der Waals surface area (Å²) in [5, 5.41) is 0. The van der Waals surface area contributed by atoms with Gasteiger partial charge in [0.25, 0.3) is 5.91 Å². The van der Waals surface area contributed by atoms with Gasteiger partial charge < -0.3 is 18.8 Å². The molecule has 6 nitrogen and oxygen atoms in total. The van der Waals surface area contributed by atoms with E-state index in [2.05, 4.69) is 17.0 Å². The summed E-state index contributed by atoms with van der Waals surface area (Å²) in [6.07, 6.45) is 0.704. The van der Waals surface area contributed by atoms with Gasteiger partial charge in [-0.15, -0.1) is 0 Å². The fourth-order valence-corrected chi connectivity index (χ4v) is 3.42. The molecular formula is C25H30N2O4. The Kier molecular flexibility index (Phi) is 7.73. The standard InChI is InChI=1S/C25H30N2O4/c1-26(17-20-8-6-5-7-9-20)18-21-11-13-23(31-21)25(28)27(2)15-14-19-10-12-22(29-3)24(16-19)30-4/h5-13,16H,14-15,17-18H2,1-4H3. The van der Waals surface area contributed by atoms with E-state index in [1.807, 2.05) is 49.5 Å². The molecule has 0 atom stereocenters. The summed E-state index contributed by atoms with van der Waals surface area (Å²) < 4.78 is 16.4. The zero-order chi connectivity index (χ0) is 22.2. The molecule has 0 spiro atoms. The van der Waals surface area contributed by atoms with Crippen molar-refractivity contribution in [2.75, 3.05) is 34.9 Å². The zero-order valence-corrected chi connectivity index (χ0v) is 18.6. The summed E-state index contributed by atoms with van der Waals surface area (Å²) in [6.45, 7) is 2.02. The largest absolute Gasteiger partial charge is 0.493 e. The fraction of sp³-hybridized carbons (Fsp3) is 0.320. The highest BCUT2D eigenvalue weighted by atomic mass is 16.5. The van der Waals surface area contributed by atoms with Crippen LogP contribution in [0, 0.1) is 0 Å². The zero-order valence-electron chi connectivity index (χ0n) is 18.6. The van der Waals surface area contributed by atoms with Crippen LogP contribution in [0.1, 0.15) is 27.4 Å². The summed E-state index contributed by atoms with van der Waals surface area (Å²) in [4.78, 5) is 16.6. The first kappa shape index (κ1) is 22.4. The molecule has 0 bridgehead atoms. The van der Waals surface area contributed by atoms with Gasteiger partial charge in [-0.2, -0.15) is 0 Å². The minimum atomic E-state index is -0.127. The minimum Gasteiger partial charge on any atom is -0.493 e. The van der Waals surface area contributed by atoms with Crippen molar-refractivity contribution in [3.05, 3.63) is 83.3 Å². The predicted molar refractivity (Wildman–Crippen MR) is 121 cm³/mol. The second-order valence-corrected chi connectivity index (χ2v) is 7.59. The smallest absolute Gasteiger partial charge is 0.289 e. The monoisotopic (exact) mass is 422 g/mol. The van der Waals surface area contributed by atoms with Crippen molar-refractivity contribution in [3.63, 3.8) is 0 Å². The Morgan fingerprint density at radius 2 is 1.61 bits per heavy atom. The Balaban J connectivity index is 1.53. The number of amides is 1. The van der Waals surface area contributed by atoms with Gasteiger partial charge in [-0.1, -0.05) is 36.4 Å². The number of carbonyl (C=O) groups is 1. The lowest BCUT2D eigenvalue weighted by atomic mass is 10.1. The lowest BCUT2D eigenvalue weighted by molar-refractivity contribution is 0.0761. The van der Waals surface area contributed by atoms with Gasteiger partial charge in [0.1, 0.15) is 5.76 Å². The molecule has 1 aromatic heterocycles. The van der Waals surface area contributed by atoms with Crippen molar-refractivity contribution >= 4 is 5.91 Å². The second kappa shape index (κ2) is 10.7. The van der Waals surface area contributed by atoms with E-state index in [0.717, 1.165) is 17.9 Å². The van der Waals surface area contributed by atoms with Crippen LogP contribution in [0.2, 0.25) is 0 Å². The van der Waals surface area contributed by atoms with Crippen LogP contribution in [-0.2, 0) is 19.5 Å². The molecule has 0 aliphatic carbocycles. The van der Waals surface area contributed by atoms with E-state index in [-0.39, 0.29) is 5.91 Å². The first-order valence-corrected chi connectivity index (χ1v) is 10.3. The molecule has 3 aromatic rings. The average molecular weight is 423 g/mol. The Morgan fingerprint density at radius 3 is 2.32 bits per heavy atom. The molecule has 3 rings (SSSR count). The summed E-state index contributed by atoms with van der Waals surface area (Å²) in [7, 11) is 7.04. The maximum Gasteiger partial charge on any atom is 0.289 e. The molecule has 0 saturated carbocycles. The van der Waals surface area contributed by atoms with E-state index in [4.69, 9.17) is 13.9 Å². The van der Waals surface area contributed by atoms with Gasteiger partial charge in [-0.25, -0.2) is 0 Å². The maximum atomic E-state index is 12.8. The van der Waals surface area contributed by atoms with Gasteiger partial charge >= 0.3 is 0 Å². The van der Waals surface area contributed by atoms with Crippen molar-refractivity contribution < 1.29 is 18.7 Å².